The Morgan fingerprint density at radius 3 is 2.88 bits per heavy atom. The molecule has 1 fully saturated rings. The molecule has 0 bridgehead atoms. The van der Waals surface area contributed by atoms with Crippen molar-refractivity contribution in [2.45, 2.75) is 45.8 Å². The van der Waals surface area contributed by atoms with Gasteiger partial charge in [-0.1, -0.05) is 25.4 Å². The maximum absolute atomic E-state index is 5.96. The Morgan fingerprint density at radius 2 is 2.18 bits per heavy atom. The maximum atomic E-state index is 5.96. The molecule has 1 saturated carbocycles. The van der Waals surface area contributed by atoms with Crippen molar-refractivity contribution in [2.75, 3.05) is 0 Å². The van der Waals surface area contributed by atoms with Crippen molar-refractivity contribution >= 4 is 11.6 Å². The number of hydrogen-bond donors (Lipinski definition) is 0. The molecule has 17 heavy (non-hydrogen) atoms. The van der Waals surface area contributed by atoms with Crippen LogP contribution in [-0.2, 0) is 11.3 Å². The molecular weight excluding hydrogens is 234 g/mol. The Morgan fingerprint density at radius 1 is 1.35 bits per heavy atom. The van der Waals surface area contributed by atoms with Gasteiger partial charge in [0.15, 0.2) is 0 Å². The number of hydrogen-bond acceptors (Lipinski definition) is 2. The molecule has 1 aromatic rings. The predicted molar refractivity (Wildman–Crippen MR) is 70.0 cm³/mol. The lowest BCUT2D eigenvalue weighted by molar-refractivity contribution is -0.00747. The Labute approximate surface area is 108 Å². The summed E-state index contributed by atoms with van der Waals surface area (Å²) in [5.41, 5.74) is 1.11. The molecule has 1 heterocycles. The van der Waals surface area contributed by atoms with Crippen LogP contribution in [0.25, 0.3) is 0 Å². The molecule has 0 aliphatic heterocycles. The number of halogens is 1. The fraction of sp³-hybridized carbons (Fsp3) is 0.643. The maximum Gasteiger partial charge on any atom is 0.129 e. The van der Waals surface area contributed by atoms with Crippen LogP contribution in [0.3, 0.4) is 0 Å². The zero-order valence-corrected chi connectivity index (χ0v) is 11.3. The lowest BCUT2D eigenvalue weighted by Crippen LogP contribution is -2.26. The van der Waals surface area contributed by atoms with E-state index in [1.54, 1.807) is 6.20 Å². The summed E-state index contributed by atoms with van der Waals surface area (Å²) in [6, 6.07) is 3.83. The van der Waals surface area contributed by atoms with E-state index in [4.69, 9.17) is 16.3 Å². The zero-order valence-electron chi connectivity index (χ0n) is 10.5. The summed E-state index contributed by atoms with van der Waals surface area (Å²) in [5, 5.41) is 0.539. The van der Waals surface area contributed by atoms with Gasteiger partial charge in [-0.25, -0.2) is 4.98 Å². The molecule has 0 aromatic carbocycles. The molecule has 0 saturated heterocycles. The molecule has 2 nitrogen and oxygen atoms in total. The van der Waals surface area contributed by atoms with Gasteiger partial charge in [-0.15, -0.1) is 0 Å². The van der Waals surface area contributed by atoms with Gasteiger partial charge < -0.3 is 4.74 Å². The normalized spacial score (nSPS) is 29.2. The van der Waals surface area contributed by atoms with Crippen LogP contribution >= 0.6 is 11.6 Å². The van der Waals surface area contributed by atoms with E-state index < -0.39 is 0 Å². The minimum atomic E-state index is 0.410. The van der Waals surface area contributed by atoms with Crippen LogP contribution in [0.4, 0.5) is 0 Å². The summed E-state index contributed by atoms with van der Waals surface area (Å²) in [5.74, 6) is 1.61. The summed E-state index contributed by atoms with van der Waals surface area (Å²) in [6.07, 6.45) is 5.79. The predicted octanol–water partition coefficient (Wildman–Crippen LogP) is 4.08. The summed E-state index contributed by atoms with van der Waals surface area (Å²) in [4.78, 5) is 3.97. The van der Waals surface area contributed by atoms with Gasteiger partial charge in [0.2, 0.25) is 0 Å². The van der Waals surface area contributed by atoms with Gasteiger partial charge in [-0.3, -0.25) is 0 Å². The Bertz CT molecular complexity index is 369. The van der Waals surface area contributed by atoms with E-state index in [-0.39, 0.29) is 0 Å². The molecule has 3 heteroatoms. The molecule has 1 aromatic heterocycles. The van der Waals surface area contributed by atoms with E-state index >= 15 is 0 Å². The Balaban J connectivity index is 1.82. The highest BCUT2D eigenvalue weighted by molar-refractivity contribution is 6.29. The van der Waals surface area contributed by atoms with Crippen molar-refractivity contribution in [2.24, 2.45) is 11.8 Å². The second-order valence-electron chi connectivity index (χ2n) is 5.19. The van der Waals surface area contributed by atoms with Crippen molar-refractivity contribution in [3.05, 3.63) is 29.0 Å². The first kappa shape index (κ1) is 12.8. The van der Waals surface area contributed by atoms with E-state index in [9.17, 15) is 0 Å². The van der Waals surface area contributed by atoms with E-state index in [0.717, 1.165) is 17.4 Å². The average Bonchev–Trinajstić information content (AvgIpc) is 2.31. The van der Waals surface area contributed by atoms with Crippen LogP contribution in [-0.4, -0.2) is 11.1 Å². The van der Waals surface area contributed by atoms with Gasteiger partial charge in [0.05, 0.1) is 12.7 Å². The monoisotopic (exact) mass is 253 g/mol. The molecule has 1 aliphatic rings. The summed E-state index contributed by atoms with van der Waals surface area (Å²) in [6.45, 7) is 5.31. The third kappa shape index (κ3) is 3.68. The van der Waals surface area contributed by atoms with Gasteiger partial charge in [0.1, 0.15) is 5.15 Å². The lowest BCUT2D eigenvalue weighted by atomic mass is 9.80. The minimum Gasteiger partial charge on any atom is -0.374 e. The minimum absolute atomic E-state index is 0.410. The molecule has 94 valence electrons. The highest BCUT2D eigenvalue weighted by Crippen LogP contribution is 2.31. The standard InChI is InChI=1S/C14H20ClNO/c1-10-3-4-13(7-11(10)2)17-9-12-5-6-16-14(15)8-12/h5-6,8,10-11,13H,3-4,7,9H2,1-2H3. The Kier molecular flexibility index (Phi) is 4.41. The van der Waals surface area contributed by atoms with Crippen LogP contribution < -0.4 is 0 Å². The van der Waals surface area contributed by atoms with Gasteiger partial charge in [0, 0.05) is 6.20 Å². The molecule has 3 atom stereocenters. The number of pyridine rings is 1. The number of nitrogens with zero attached hydrogens (tertiary/aromatic N) is 1. The van der Waals surface area contributed by atoms with Crippen molar-refractivity contribution in [1.29, 1.82) is 0 Å². The molecule has 0 spiro atoms. The number of ether oxygens (including phenoxy) is 1. The van der Waals surface area contributed by atoms with Crippen LogP contribution in [0, 0.1) is 11.8 Å². The molecule has 3 unspecified atom stereocenters. The van der Waals surface area contributed by atoms with Crippen molar-refractivity contribution in [3.63, 3.8) is 0 Å². The molecule has 1 aliphatic carbocycles. The van der Waals surface area contributed by atoms with Crippen LogP contribution in [0.1, 0.15) is 38.7 Å². The van der Waals surface area contributed by atoms with Gasteiger partial charge in [0.25, 0.3) is 0 Å². The van der Waals surface area contributed by atoms with Gasteiger partial charge >= 0.3 is 0 Å². The zero-order chi connectivity index (χ0) is 12.3. The lowest BCUT2D eigenvalue weighted by Gasteiger charge is -2.31. The van der Waals surface area contributed by atoms with Crippen LogP contribution in [0.15, 0.2) is 18.3 Å². The molecule has 2 rings (SSSR count). The highest BCUT2D eigenvalue weighted by atomic mass is 35.5. The van der Waals surface area contributed by atoms with E-state index in [2.05, 4.69) is 18.8 Å². The van der Waals surface area contributed by atoms with Gasteiger partial charge in [-0.05, 0) is 48.8 Å². The summed E-state index contributed by atoms with van der Waals surface area (Å²) >= 11 is 5.84. The van der Waals surface area contributed by atoms with Crippen molar-refractivity contribution < 1.29 is 4.74 Å². The second kappa shape index (κ2) is 5.83. The first-order valence-electron chi connectivity index (χ1n) is 6.37. The van der Waals surface area contributed by atoms with Gasteiger partial charge in [-0.2, -0.15) is 0 Å². The molecule has 0 amide bonds. The topological polar surface area (TPSA) is 22.1 Å². The second-order valence-corrected chi connectivity index (χ2v) is 5.57. The quantitative estimate of drug-likeness (QED) is 0.758. The van der Waals surface area contributed by atoms with E-state index in [1.807, 2.05) is 12.1 Å². The third-order valence-electron chi connectivity index (χ3n) is 3.83. The largest absolute Gasteiger partial charge is 0.374 e. The SMILES string of the molecule is CC1CCC(OCc2ccnc(Cl)c2)CC1C. The first-order valence-corrected chi connectivity index (χ1v) is 6.75. The highest BCUT2D eigenvalue weighted by Gasteiger charge is 2.24. The van der Waals surface area contributed by atoms with E-state index in [1.165, 1.54) is 19.3 Å². The van der Waals surface area contributed by atoms with Crippen molar-refractivity contribution in [3.8, 4) is 0 Å². The fourth-order valence-corrected chi connectivity index (χ4v) is 2.59. The fourth-order valence-electron chi connectivity index (χ4n) is 2.40. The average molecular weight is 254 g/mol. The summed E-state index contributed by atoms with van der Waals surface area (Å²) < 4.78 is 5.96. The van der Waals surface area contributed by atoms with Crippen LogP contribution in [0.2, 0.25) is 5.15 Å². The first-order chi connectivity index (χ1) is 8.15. The van der Waals surface area contributed by atoms with Crippen LogP contribution in [0.5, 0.6) is 0 Å². The molecule has 0 radical (unpaired) electrons. The third-order valence-corrected chi connectivity index (χ3v) is 4.03. The Hall–Kier alpha value is -0.600. The number of rotatable bonds is 3. The molecule has 0 N–H and O–H groups in total. The summed E-state index contributed by atoms with van der Waals surface area (Å²) in [7, 11) is 0. The van der Waals surface area contributed by atoms with Crippen molar-refractivity contribution in [1.82, 2.24) is 4.98 Å². The van der Waals surface area contributed by atoms with E-state index in [0.29, 0.717) is 17.9 Å². The molecular formula is C14H20ClNO. The smallest absolute Gasteiger partial charge is 0.129 e. The number of aromatic nitrogens is 1.